The fraction of sp³-hybridized carbons (Fsp3) is 0.368. The summed E-state index contributed by atoms with van der Waals surface area (Å²) < 4.78 is 5.74. The maximum atomic E-state index is 11.2. The fourth-order valence-electron chi connectivity index (χ4n) is 4.02. The van der Waals surface area contributed by atoms with E-state index in [1.54, 1.807) is 6.07 Å². The second-order valence-corrected chi connectivity index (χ2v) is 6.45. The highest BCUT2D eigenvalue weighted by Gasteiger charge is 2.44. The van der Waals surface area contributed by atoms with Crippen LogP contribution < -0.4 is 4.90 Å². The van der Waals surface area contributed by atoms with E-state index >= 15 is 0 Å². The molecule has 5 heteroatoms. The van der Waals surface area contributed by atoms with Gasteiger partial charge in [0.15, 0.2) is 5.69 Å². The van der Waals surface area contributed by atoms with Crippen molar-refractivity contribution < 1.29 is 14.6 Å². The molecule has 0 amide bonds. The first kappa shape index (κ1) is 15.1. The summed E-state index contributed by atoms with van der Waals surface area (Å²) in [6.07, 6.45) is 0.951. The Kier molecular flexibility index (Phi) is 3.94. The predicted octanol–water partition coefficient (Wildman–Crippen LogP) is 2.79. The monoisotopic (exact) mass is 324 g/mol. The largest absolute Gasteiger partial charge is 0.477 e. The van der Waals surface area contributed by atoms with Gasteiger partial charge in [-0.2, -0.15) is 0 Å². The molecule has 24 heavy (non-hydrogen) atoms. The van der Waals surface area contributed by atoms with Gasteiger partial charge in [-0.05, 0) is 24.1 Å². The zero-order valence-electron chi connectivity index (χ0n) is 13.3. The smallest absolute Gasteiger partial charge is 0.354 e. The van der Waals surface area contributed by atoms with Crippen molar-refractivity contribution in [1.29, 1.82) is 0 Å². The summed E-state index contributed by atoms with van der Waals surface area (Å²) in [7, 11) is 0. The first-order valence-electron chi connectivity index (χ1n) is 8.34. The molecular weight excluding hydrogens is 304 g/mol. The number of carbonyl (C=O) groups is 1. The van der Waals surface area contributed by atoms with Crippen molar-refractivity contribution in [2.24, 2.45) is 5.92 Å². The van der Waals surface area contributed by atoms with Gasteiger partial charge >= 0.3 is 5.97 Å². The first-order valence-corrected chi connectivity index (χ1v) is 8.34. The molecule has 0 saturated carbocycles. The van der Waals surface area contributed by atoms with Gasteiger partial charge in [0.1, 0.15) is 5.82 Å². The maximum Gasteiger partial charge on any atom is 0.354 e. The Labute approximate surface area is 140 Å². The van der Waals surface area contributed by atoms with E-state index in [0.29, 0.717) is 17.9 Å². The van der Waals surface area contributed by atoms with Crippen molar-refractivity contribution >= 4 is 11.8 Å². The highest BCUT2D eigenvalue weighted by atomic mass is 16.5. The number of carboxylic acids is 1. The molecule has 4 rings (SSSR count). The van der Waals surface area contributed by atoms with E-state index in [-0.39, 0.29) is 5.69 Å². The summed E-state index contributed by atoms with van der Waals surface area (Å²) in [6.45, 7) is 2.34. The fourth-order valence-corrected chi connectivity index (χ4v) is 4.02. The normalized spacial score (nSPS) is 26.2. The average molecular weight is 324 g/mol. The van der Waals surface area contributed by atoms with Crippen LogP contribution in [0.25, 0.3) is 0 Å². The summed E-state index contributed by atoms with van der Waals surface area (Å²) in [5, 5.41) is 9.21. The number of pyridine rings is 1. The number of nitrogens with zero attached hydrogens (tertiary/aromatic N) is 2. The van der Waals surface area contributed by atoms with Crippen molar-refractivity contribution in [2.45, 2.75) is 18.4 Å². The summed E-state index contributed by atoms with van der Waals surface area (Å²) in [6, 6.07) is 16.1. The van der Waals surface area contributed by atoms with Crippen molar-refractivity contribution in [1.82, 2.24) is 4.98 Å². The van der Waals surface area contributed by atoms with E-state index in [0.717, 1.165) is 32.0 Å². The van der Waals surface area contributed by atoms with Crippen molar-refractivity contribution in [2.75, 3.05) is 24.7 Å². The molecule has 0 bridgehead atoms. The van der Waals surface area contributed by atoms with E-state index in [1.807, 2.05) is 12.1 Å². The van der Waals surface area contributed by atoms with E-state index in [2.05, 4.69) is 34.1 Å². The lowest BCUT2D eigenvalue weighted by Gasteiger charge is -2.33. The first-order chi connectivity index (χ1) is 11.7. The molecule has 124 valence electrons. The Morgan fingerprint density at radius 1 is 1.17 bits per heavy atom. The minimum atomic E-state index is -0.987. The molecule has 0 aliphatic carbocycles. The highest BCUT2D eigenvalue weighted by Crippen LogP contribution is 2.42. The zero-order chi connectivity index (χ0) is 16.5. The second kappa shape index (κ2) is 6.24. The zero-order valence-corrected chi connectivity index (χ0v) is 13.3. The summed E-state index contributed by atoms with van der Waals surface area (Å²) in [5.74, 6) is 0.563. The number of carboxylic acid groups (broad SMARTS) is 1. The Balaban J connectivity index is 1.68. The van der Waals surface area contributed by atoms with Gasteiger partial charge in [0.2, 0.25) is 0 Å². The number of benzene rings is 1. The van der Waals surface area contributed by atoms with Crippen molar-refractivity contribution in [3.05, 3.63) is 59.8 Å². The maximum absolute atomic E-state index is 11.2. The molecule has 1 aromatic carbocycles. The lowest BCUT2D eigenvalue weighted by Crippen LogP contribution is -2.39. The lowest BCUT2D eigenvalue weighted by atomic mass is 9.84. The number of anilines is 1. The molecule has 0 spiro atoms. The number of aromatic carboxylic acids is 1. The molecule has 3 unspecified atom stereocenters. The number of rotatable bonds is 3. The SMILES string of the molecule is O=C(O)c1cccc(N2CC(c3ccccc3)C3COCCC32)n1. The van der Waals surface area contributed by atoms with Gasteiger partial charge in [0, 0.05) is 31.0 Å². The quantitative estimate of drug-likeness (QED) is 0.940. The summed E-state index contributed by atoms with van der Waals surface area (Å²) in [4.78, 5) is 17.9. The number of ether oxygens (including phenoxy) is 1. The van der Waals surface area contributed by atoms with Crippen LogP contribution >= 0.6 is 0 Å². The topological polar surface area (TPSA) is 62.7 Å². The van der Waals surface area contributed by atoms with Gasteiger partial charge in [-0.15, -0.1) is 0 Å². The minimum absolute atomic E-state index is 0.0965. The second-order valence-electron chi connectivity index (χ2n) is 6.45. The molecule has 2 aliphatic rings. The Hall–Kier alpha value is -2.40. The number of hydrogen-bond acceptors (Lipinski definition) is 4. The van der Waals surface area contributed by atoms with Crippen molar-refractivity contribution in [3.8, 4) is 0 Å². The molecule has 2 aliphatic heterocycles. The highest BCUT2D eigenvalue weighted by molar-refractivity contribution is 5.85. The van der Waals surface area contributed by atoms with E-state index in [4.69, 9.17) is 4.74 Å². The van der Waals surface area contributed by atoms with Crippen LogP contribution in [0.3, 0.4) is 0 Å². The number of hydrogen-bond donors (Lipinski definition) is 1. The number of aromatic nitrogens is 1. The molecule has 3 heterocycles. The lowest BCUT2D eigenvalue weighted by molar-refractivity contribution is 0.0461. The predicted molar refractivity (Wildman–Crippen MR) is 90.4 cm³/mol. The third kappa shape index (κ3) is 2.65. The van der Waals surface area contributed by atoms with Crippen LogP contribution in [0.15, 0.2) is 48.5 Å². The standard InChI is InChI=1S/C19H20N2O3/c22-19(23)16-7-4-8-18(20-16)21-11-14(13-5-2-1-3-6-13)15-12-24-10-9-17(15)21/h1-8,14-15,17H,9-12H2,(H,22,23). The third-order valence-corrected chi connectivity index (χ3v) is 5.15. The van der Waals surface area contributed by atoms with Gasteiger partial charge in [-0.1, -0.05) is 36.4 Å². The van der Waals surface area contributed by atoms with Crippen LogP contribution in [-0.4, -0.2) is 41.9 Å². The van der Waals surface area contributed by atoms with Gasteiger partial charge in [0.25, 0.3) is 0 Å². The Morgan fingerprint density at radius 3 is 2.79 bits per heavy atom. The Morgan fingerprint density at radius 2 is 2.00 bits per heavy atom. The van der Waals surface area contributed by atoms with Gasteiger partial charge in [-0.25, -0.2) is 9.78 Å². The molecule has 5 nitrogen and oxygen atoms in total. The van der Waals surface area contributed by atoms with Crippen LogP contribution in [0.4, 0.5) is 5.82 Å². The molecule has 1 aromatic heterocycles. The molecule has 2 fully saturated rings. The van der Waals surface area contributed by atoms with E-state index in [1.165, 1.54) is 11.6 Å². The molecule has 3 atom stereocenters. The molecule has 2 saturated heterocycles. The van der Waals surface area contributed by atoms with Crippen LogP contribution in [0, 0.1) is 5.92 Å². The van der Waals surface area contributed by atoms with E-state index < -0.39 is 5.97 Å². The van der Waals surface area contributed by atoms with Crippen LogP contribution in [0.2, 0.25) is 0 Å². The van der Waals surface area contributed by atoms with Gasteiger partial charge < -0.3 is 14.7 Å². The molecular formula is C19H20N2O3. The average Bonchev–Trinajstić information content (AvgIpc) is 3.02. The summed E-state index contributed by atoms with van der Waals surface area (Å²) >= 11 is 0. The van der Waals surface area contributed by atoms with Crippen LogP contribution in [-0.2, 0) is 4.74 Å². The minimum Gasteiger partial charge on any atom is -0.477 e. The van der Waals surface area contributed by atoms with E-state index in [9.17, 15) is 9.90 Å². The van der Waals surface area contributed by atoms with Crippen LogP contribution in [0.1, 0.15) is 28.4 Å². The third-order valence-electron chi connectivity index (χ3n) is 5.15. The molecule has 1 N–H and O–H groups in total. The molecule has 0 radical (unpaired) electrons. The van der Waals surface area contributed by atoms with Crippen LogP contribution in [0.5, 0.6) is 0 Å². The molecule has 2 aromatic rings. The number of fused-ring (bicyclic) bond motifs is 1. The van der Waals surface area contributed by atoms with Gasteiger partial charge in [0.05, 0.1) is 6.61 Å². The van der Waals surface area contributed by atoms with Gasteiger partial charge in [-0.3, -0.25) is 0 Å². The van der Waals surface area contributed by atoms with Crippen molar-refractivity contribution in [3.63, 3.8) is 0 Å². The Bertz CT molecular complexity index is 734. The summed E-state index contributed by atoms with van der Waals surface area (Å²) in [5.41, 5.74) is 1.41.